The van der Waals surface area contributed by atoms with Gasteiger partial charge in [0.15, 0.2) is 0 Å². The maximum atomic E-state index is 12.4. The molecule has 0 unspecified atom stereocenters. The summed E-state index contributed by atoms with van der Waals surface area (Å²) in [5.41, 5.74) is 11.0. The van der Waals surface area contributed by atoms with E-state index in [9.17, 15) is 4.79 Å². The number of urea groups is 1. The highest BCUT2D eigenvalue weighted by Gasteiger charge is 2.06. The summed E-state index contributed by atoms with van der Waals surface area (Å²) in [6, 6.07) is 19.1. The Balaban J connectivity index is 1.67. The topological polar surface area (TPSA) is 67.1 Å². The van der Waals surface area contributed by atoms with Crippen molar-refractivity contribution in [3.8, 4) is 10.4 Å². The van der Waals surface area contributed by atoms with Gasteiger partial charge in [-0.1, -0.05) is 49.1 Å². The van der Waals surface area contributed by atoms with E-state index in [2.05, 4.69) is 23.3 Å². The fourth-order valence-corrected chi connectivity index (χ4v) is 3.56. The maximum absolute atomic E-state index is 12.4. The van der Waals surface area contributed by atoms with E-state index >= 15 is 0 Å². The molecule has 4 N–H and O–H groups in total. The highest BCUT2D eigenvalue weighted by atomic mass is 32.1. The standard InChI is InChI=1S/C24H23N3OS/c1-3-6-19(15-17(2)25)18-10-12-21(13-11-18)26-24(28)27-22-8-4-7-20(16-22)23-9-5-14-29-23/h3-16H,1,25H2,2H3,(H2,26,27,28)/b17-15-,19-6+. The number of carbonyl (C=O) groups excluding carboxylic acids is 1. The molecule has 4 nitrogen and oxygen atoms in total. The maximum Gasteiger partial charge on any atom is 0.323 e. The lowest BCUT2D eigenvalue weighted by Gasteiger charge is -2.10. The largest absolute Gasteiger partial charge is 0.402 e. The number of nitrogens with one attached hydrogen (secondary N) is 2. The second kappa shape index (κ2) is 9.57. The van der Waals surface area contributed by atoms with Gasteiger partial charge in [0.05, 0.1) is 0 Å². The number of thiophene rings is 1. The van der Waals surface area contributed by atoms with Gasteiger partial charge in [0, 0.05) is 21.9 Å². The van der Waals surface area contributed by atoms with Crippen LogP contribution in [-0.2, 0) is 0 Å². The fraction of sp³-hybridized carbons (Fsp3) is 0.0417. The van der Waals surface area contributed by atoms with E-state index in [1.807, 2.05) is 79.1 Å². The molecule has 3 aromatic rings. The zero-order chi connectivity index (χ0) is 20.6. The van der Waals surface area contributed by atoms with Gasteiger partial charge in [-0.2, -0.15) is 0 Å². The molecule has 1 aromatic heterocycles. The first kappa shape index (κ1) is 20.2. The summed E-state index contributed by atoms with van der Waals surface area (Å²) in [5.74, 6) is 0. The Hall–Kier alpha value is -3.57. The summed E-state index contributed by atoms with van der Waals surface area (Å²) in [4.78, 5) is 13.5. The van der Waals surface area contributed by atoms with Gasteiger partial charge in [0.2, 0.25) is 0 Å². The van der Waals surface area contributed by atoms with E-state index in [0.29, 0.717) is 11.4 Å². The lowest BCUT2D eigenvalue weighted by atomic mass is 10.0. The summed E-state index contributed by atoms with van der Waals surface area (Å²) in [7, 11) is 0. The van der Waals surface area contributed by atoms with Crippen molar-refractivity contribution in [3.63, 3.8) is 0 Å². The van der Waals surface area contributed by atoms with Crippen LogP contribution in [0.1, 0.15) is 12.5 Å². The van der Waals surface area contributed by atoms with Gasteiger partial charge >= 0.3 is 6.03 Å². The predicted molar refractivity (Wildman–Crippen MR) is 125 cm³/mol. The predicted octanol–water partition coefficient (Wildman–Crippen LogP) is 6.49. The molecule has 2 amide bonds. The summed E-state index contributed by atoms with van der Waals surface area (Å²) >= 11 is 1.67. The van der Waals surface area contributed by atoms with Crippen molar-refractivity contribution in [2.24, 2.45) is 5.73 Å². The van der Waals surface area contributed by atoms with Gasteiger partial charge in [-0.15, -0.1) is 11.3 Å². The molecule has 0 spiro atoms. The number of hydrogen-bond acceptors (Lipinski definition) is 3. The molecule has 0 aliphatic heterocycles. The zero-order valence-corrected chi connectivity index (χ0v) is 17.0. The molecular weight excluding hydrogens is 378 g/mol. The van der Waals surface area contributed by atoms with Gasteiger partial charge in [0.25, 0.3) is 0 Å². The molecule has 0 fully saturated rings. The molecule has 0 radical (unpaired) electrons. The van der Waals surface area contributed by atoms with Gasteiger partial charge in [-0.05, 0) is 65.4 Å². The van der Waals surface area contributed by atoms with Crippen molar-refractivity contribution in [1.82, 2.24) is 0 Å². The number of amides is 2. The number of rotatable bonds is 6. The number of allylic oxidation sites excluding steroid dienone is 5. The molecule has 0 saturated heterocycles. The Bertz CT molecular complexity index is 1040. The highest BCUT2D eigenvalue weighted by molar-refractivity contribution is 7.13. The van der Waals surface area contributed by atoms with Crippen molar-refractivity contribution in [1.29, 1.82) is 0 Å². The lowest BCUT2D eigenvalue weighted by molar-refractivity contribution is 0.262. The van der Waals surface area contributed by atoms with Crippen LogP contribution in [0.4, 0.5) is 16.2 Å². The average molecular weight is 402 g/mol. The van der Waals surface area contributed by atoms with E-state index in [-0.39, 0.29) is 6.03 Å². The van der Waals surface area contributed by atoms with Crippen molar-refractivity contribution < 1.29 is 4.79 Å². The van der Waals surface area contributed by atoms with E-state index < -0.39 is 0 Å². The average Bonchev–Trinajstić information content (AvgIpc) is 3.23. The van der Waals surface area contributed by atoms with Crippen LogP contribution in [0.25, 0.3) is 16.0 Å². The van der Waals surface area contributed by atoms with Crippen LogP contribution < -0.4 is 16.4 Å². The Morgan fingerprint density at radius 1 is 1.03 bits per heavy atom. The number of nitrogens with two attached hydrogens (primary N) is 1. The molecule has 0 aliphatic carbocycles. The molecule has 0 atom stereocenters. The molecule has 0 bridgehead atoms. The molecule has 5 heteroatoms. The second-order valence-electron chi connectivity index (χ2n) is 6.46. The molecule has 29 heavy (non-hydrogen) atoms. The van der Waals surface area contributed by atoms with Crippen LogP contribution in [0.3, 0.4) is 0 Å². The summed E-state index contributed by atoms with van der Waals surface area (Å²) in [5, 5.41) is 7.77. The van der Waals surface area contributed by atoms with Crippen LogP contribution in [0, 0.1) is 0 Å². The van der Waals surface area contributed by atoms with E-state index in [4.69, 9.17) is 5.73 Å². The van der Waals surface area contributed by atoms with E-state index in [0.717, 1.165) is 27.3 Å². The van der Waals surface area contributed by atoms with Gasteiger partial charge in [0.1, 0.15) is 0 Å². The molecule has 2 aromatic carbocycles. The van der Waals surface area contributed by atoms with Crippen molar-refractivity contribution in [3.05, 3.63) is 102 Å². The number of anilines is 2. The Morgan fingerprint density at radius 2 is 1.79 bits per heavy atom. The third kappa shape index (κ3) is 5.70. The minimum atomic E-state index is -0.291. The third-order valence-corrected chi connectivity index (χ3v) is 5.00. The van der Waals surface area contributed by atoms with Crippen molar-refractivity contribution >= 4 is 34.3 Å². The van der Waals surface area contributed by atoms with Crippen LogP contribution >= 0.6 is 11.3 Å². The smallest absolute Gasteiger partial charge is 0.323 e. The molecule has 0 saturated carbocycles. The van der Waals surface area contributed by atoms with Crippen molar-refractivity contribution in [2.45, 2.75) is 6.92 Å². The van der Waals surface area contributed by atoms with Crippen LogP contribution in [0.15, 0.2) is 96.5 Å². The van der Waals surface area contributed by atoms with E-state index in [1.165, 1.54) is 0 Å². The zero-order valence-electron chi connectivity index (χ0n) is 16.2. The fourth-order valence-electron chi connectivity index (χ4n) is 2.83. The number of benzene rings is 2. The first-order valence-corrected chi connectivity index (χ1v) is 10.0. The molecule has 0 aliphatic rings. The first-order valence-electron chi connectivity index (χ1n) is 9.14. The molecular formula is C24H23N3OS. The monoisotopic (exact) mass is 401 g/mol. The third-order valence-electron chi connectivity index (χ3n) is 4.08. The van der Waals surface area contributed by atoms with Crippen LogP contribution in [-0.4, -0.2) is 6.03 Å². The quantitative estimate of drug-likeness (QED) is 0.413. The van der Waals surface area contributed by atoms with Crippen molar-refractivity contribution in [2.75, 3.05) is 10.6 Å². The Kier molecular flexibility index (Phi) is 6.66. The molecule has 146 valence electrons. The summed E-state index contributed by atoms with van der Waals surface area (Å²) in [6.07, 6.45) is 5.50. The summed E-state index contributed by atoms with van der Waals surface area (Å²) in [6.45, 7) is 5.58. The summed E-state index contributed by atoms with van der Waals surface area (Å²) < 4.78 is 0. The minimum absolute atomic E-state index is 0.291. The Morgan fingerprint density at radius 3 is 2.45 bits per heavy atom. The van der Waals surface area contributed by atoms with Gasteiger partial charge in [-0.25, -0.2) is 4.79 Å². The highest BCUT2D eigenvalue weighted by Crippen LogP contribution is 2.27. The molecule has 3 rings (SSSR count). The van der Waals surface area contributed by atoms with Crippen LogP contribution in [0.2, 0.25) is 0 Å². The number of carbonyl (C=O) groups is 1. The van der Waals surface area contributed by atoms with Gasteiger partial charge in [-0.3, -0.25) is 0 Å². The van der Waals surface area contributed by atoms with Crippen LogP contribution in [0.5, 0.6) is 0 Å². The molecule has 1 heterocycles. The lowest BCUT2D eigenvalue weighted by Crippen LogP contribution is -2.19. The second-order valence-corrected chi connectivity index (χ2v) is 7.41. The van der Waals surface area contributed by atoms with Gasteiger partial charge < -0.3 is 16.4 Å². The normalized spacial score (nSPS) is 11.8. The first-order chi connectivity index (χ1) is 14.0. The minimum Gasteiger partial charge on any atom is -0.402 e. The Labute approximate surface area is 175 Å². The SMILES string of the molecule is C=C/C=C(\C=C(\C)N)c1ccc(NC(=O)Nc2cccc(-c3cccs3)c2)cc1. The number of hydrogen-bond donors (Lipinski definition) is 3. The van der Waals surface area contributed by atoms with E-state index in [1.54, 1.807) is 17.4 Å².